The summed E-state index contributed by atoms with van der Waals surface area (Å²) in [6.07, 6.45) is 18.1. The lowest BCUT2D eigenvalue weighted by atomic mass is 10.1. The Morgan fingerprint density at radius 1 is 0.833 bits per heavy atom. The Morgan fingerprint density at radius 2 is 1.38 bits per heavy atom. The molecule has 0 saturated heterocycles. The van der Waals surface area contributed by atoms with Crippen molar-refractivity contribution in [2.24, 2.45) is 0 Å². The molecule has 0 atom stereocenters. The maximum Gasteiger partial charge on any atom is 0.314 e. The fourth-order valence-electron chi connectivity index (χ4n) is 2.42. The van der Waals surface area contributed by atoms with Gasteiger partial charge in [0.2, 0.25) is 0 Å². The Bertz CT molecular complexity index is 296. The third-order valence-electron chi connectivity index (χ3n) is 3.92. The molecule has 0 aliphatic heterocycles. The maximum absolute atomic E-state index is 11.5. The molecule has 0 radical (unpaired) electrons. The summed E-state index contributed by atoms with van der Waals surface area (Å²) in [4.78, 5) is 15.5. The van der Waals surface area contributed by atoms with Crippen LogP contribution in [0.25, 0.3) is 0 Å². The molecule has 24 heavy (non-hydrogen) atoms. The van der Waals surface area contributed by atoms with Crippen LogP contribution in [0.1, 0.15) is 84.0 Å². The number of hydrogen-bond acceptors (Lipinski definition) is 3. The fourth-order valence-corrected chi connectivity index (χ4v) is 2.42. The first-order valence-electron chi connectivity index (χ1n) is 9.74. The molecular formula is C19H38N2O3. The summed E-state index contributed by atoms with van der Waals surface area (Å²) in [5, 5.41) is 14.0. The van der Waals surface area contributed by atoms with Crippen LogP contribution in [0.4, 0.5) is 4.79 Å². The highest BCUT2D eigenvalue weighted by molar-refractivity contribution is 5.73. The van der Waals surface area contributed by atoms with Crippen LogP contribution in [0.3, 0.4) is 0 Å². The summed E-state index contributed by atoms with van der Waals surface area (Å²) in [6.45, 7) is 4.14. The highest BCUT2D eigenvalue weighted by Crippen LogP contribution is 2.06. The number of rotatable bonds is 17. The van der Waals surface area contributed by atoms with Gasteiger partial charge in [-0.05, 0) is 44.9 Å². The second kappa shape index (κ2) is 20.0. The van der Waals surface area contributed by atoms with Crippen molar-refractivity contribution in [3.63, 3.8) is 0 Å². The van der Waals surface area contributed by atoms with Crippen LogP contribution in [0, 0.1) is 0 Å². The normalized spacial score (nSPS) is 11.1. The average molecular weight is 343 g/mol. The van der Waals surface area contributed by atoms with Gasteiger partial charge in [0, 0.05) is 13.1 Å². The molecule has 3 N–H and O–H groups in total. The predicted octanol–water partition coefficient (Wildman–Crippen LogP) is 5.03. The molecule has 5 nitrogen and oxygen atoms in total. The van der Waals surface area contributed by atoms with Crippen LogP contribution in [-0.4, -0.2) is 31.0 Å². The summed E-state index contributed by atoms with van der Waals surface area (Å²) in [5.74, 6) is 0. The lowest BCUT2D eigenvalue weighted by Gasteiger charge is -2.06. The van der Waals surface area contributed by atoms with E-state index in [-0.39, 0.29) is 6.03 Å². The minimum atomic E-state index is -0.0350. The molecule has 142 valence electrons. The Kier molecular flexibility index (Phi) is 19.1. The molecule has 0 unspecified atom stereocenters. The van der Waals surface area contributed by atoms with Crippen molar-refractivity contribution in [3.8, 4) is 0 Å². The monoisotopic (exact) mass is 342 g/mol. The van der Waals surface area contributed by atoms with E-state index in [9.17, 15) is 4.79 Å². The van der Waals surface area contributed by atoms with Crippen LogP contribution in [0.15, 0.2) is 12.2 Å². The summed E-state index contributed by atoms with van der Waals surface area (Å²) in [5.41, 5.74) is 0. The van der Waals surface area contributed by atoms with Crippen molar-refractivity contribution < 1.29 is 14.9 Å². The van der Waals surface area contributed by atoms with Crippen molar-refractivity contribution in [3.05, 3.63) is 12.2 Å². The Labute approximate surface area is 148 Å². The topological polar surface area (TPSA) is 70.6 Å². The van der Waals surface area contributed by atoms with E-state index in [0.717, 1.165) is 58.0 Å². The number of allylic oxidation sites excluding steroid dienone is 2. The molecule has 0 aliphatic carbocycles. The minimum absolute atomic E-state index is 0.0350. The third-order valence-corrected chi connectivity index (χ3v) is 3.92. The van der Waals surface area contributed by atoms with Crippen molar-refractivity contribution in [2.45, 2.75) is 84.0 Å². The Balaban J connectivity index is 3.19. The lowest BCUT2D eigenvalue weighted by molar-refractivity contribution is -0.242. The first-order chi connectivity index (χ1) is 11.8. The van der Waals surface area contributed by atoms with Gasteiger partial charge in [-0.25, -0.2) is 9.68 Å². The number of carbonyl (C=O) groups excluding carboxylic acids is 1. The van der Waals surface area contributed by atoms with E-state index in [1.165, 1.54) is 32.1 Å². The molecule has 0 heterocycles. The Morgan fingerprint density at radius 3 is 2.00 bits per heavy atom. The van der Waals surface area contributed by atoms with Gasteiger partial charge in [0.25, 0.3) is 0 Å². The van der Waals surface area contributed by atoms with Gasteiger partial charge in [-0.2, -0.15) is 0 Å². The second-order valence-corrected chi connectivity index (χ2v) is 6.25. The predicted molar refractivity (Wildman–Crippen MR) is 100 cm³/mol. The summed E-state index contributed by atoms with van der Waals surface area (Å²) in [7, 11) is 0. The standard InChI is InChI=1S/C19H38N2O3/c1-2-3-13-16-20-19(22)21-17-14-11-9-7-5-4-6-8-10-12-15-18-24-23/h5,7,23H,2-4,6,8-18H2,1H3,(H2,20,21,22)/b7-5-. The van der Waals surface area contributed by atoms with Gasteiger partial charge in [0.15, 0.2) is 0 Å². The molecule has 0 aliphatic rings. The second-order valence-electron chi connectivity index (χ2n) is 6.25. The largest absolute Gasteiger partial charge is 0.338 e. The highest BCUT2D eigenvalue weighted by Gasteiger charge is 1.97. The zero-order valence-electron chi connectivity index (χ0n) is 15.5. The molecule has 0 saturated carbocycles. The van der Waals surface area contributed by atoms with Gasteiger partial charge in [-0.1, -0.05) is 51.2 Å². The number of hydrogen-bond donors (Lipinski definition) is 3. The highest BCUT2D eigenvalue weighted by atomic mass is 17.1. The molecule has 5 heteroatoms. The maximum atomic E-state index is 11.5. The first-order valence-corrected chi connectivity index (χ1v) is 9.74. The number of amides is 2. The smallest absolute Gasteiger partial charge is 0.314 e. The first kappa shape index (κ1) is 22.9. The number of nitrogens with one attached hydrogen (secondary N) is 2. The molecule has 0 bridgehead atoms. The van der Waals surface area contributed by atoms with E-state index >= 15 is 0 Å². The molecular weight excluding hydrogens is 304 g/mol. The van der Waals surface area contributed by atoms with Crippen LogP contribution in [0.5, 0.6) is 0 Å². The molecule has 0 aromatic carbocycles. The van der Waals surface area contributed by atoms with Crippen molar-refractivity contribution in [2.75, 3.05) is 19.7 Å². The van der Waals surface area contributed by atoms with Gasteiger partial charge >= 0.3 is 6.03 Å². The molecule has 0 rings (SSSR count). The summed E-state index contributed by atoms with van der Waals surface area (Å²) < 4.78 is 0. The Hall–Kier alpha value is -1.07. The van der Waals surface area contributed by atoms with Crippen LogP contribution < -0.4 is 10.6 Å². The van der Waals surface area contributed by atoms with Crippen LogP contribution >= 0.6 is 0 Å². The molecule has 0 spiro atoms. The van der Waals surface area contributed by atoms with Crippen LogP contribution in [-0.2, 0) is 4.89 Å². The summed E-state index contributed by atoms with van der Waals surface area (Å²) in [6, 6.07) is -0.0350. The van der Waals surface area contributed by atoms with Gasteiger partial charge < -0.3 is 10.6 Å². The van der Waals surface area contributed by atoms with Crippen LogP contribution in [0.2, 0.25) is 0 Å². The van der Waals surface area contributed by atoms with Crippen molar-refractivity contribution >= 4 is 6.03 Å². The van der Waals surface area contributed by atoms with Gasteiger partial charge in [-0.15, -0.1) is 0 Å². The number of urea groups is 1. The number of unbranched alkanes of at least 4 members (excludes halogenated alkanes) is 9. The van der Waals surface area contributed by atoms with Gasteiger partial charge in [0.05, 0.1) is 6.61 Å². The quantitative estimate of drug-likeness (QED) is 0.150. The number of carbonyl (C=O) groups is 1. The van der Waals surface area contributed by atoms with E-state index in [0.29, 0.717) is 6.61 Å². The third kappa shape index (κ3) is 19.0. The van der Waals surface area contributed by atoms with Crippen molar-refractivity contribution in [1.82, 2.24) is 10.6 Å². The molecule has 0 aromatic heterocycles. The molecule has 0 fully saturated rings. The van der Waals surface area contributed by atoms with E-state index in [4.69, 9.17) is 5.26 Å². The van der Waals surface area contributed by atoms with Crippen molar-refractivity contribution in [1.29, 1.82) is 0 Å². The van der Waals surface area contributed by atoms with E-state index in [1.807, 2.05) is 0 Å². The lowest BCUT2D eigenvalue weighted by Crippen LogP contribution is -2.36. The average Bonchev–Trinajstić information content (AvgIpc) is 2.59. The molecule has 2 amide bonds. The fraction of sp³-hybridized carbons (Fsp3) is 0.842. The molecule has 0 aromatic rings. The minimum Gasteiger partial charge on any atom is -0.338 e. The summed E-state index contributed by atoms with van der Waals surface area (Å²) >= 11 is 0. The SMILES string of the molecule is CCCCCNC(=O)NCCCC/C=C\CCCCCCCOO. The zero-order valence-corrected chi connectivity index (χ0v) is 15.5. The van der Waals surface area contributed by atoms with Gasteiger partial charge in [0.1, 0.15) is 0 Å². The van der Waals surface area contributed by atoms with Gasteiger partial charge in [-0.3, -0.25) is 5.26 Å². The zero-order chi connectivity index (χ0) is 17.7. The van der Waals surface area contributed by atoms with E-state index < -0.39 is 0 Å². The van der Waals surface area contributed by atoms with E-state index in [2.05, 4.69) is 34.6 Å². The van der Waals surface area contributed by atoms with E-state index in [1.54, 1.807) is 0 Å².